The second kappa shape index (κ2) is 4.13. The van der Waals surface area contributed by atoms with Gasteiger partial charge in [0.1, 0.15) is 0 Å². The zero-order valence-electron chi connectivity index (χ0n) is 8.40. The maximum absolute atomic E-state index is 3.24. The minimum Gasteiger partial charge on any atom is -0.117 e. The standard InChI is InChI=1S/C14H14/c1-12(11-13-7-5-6-8-13)14-9-3-2-4-10-14/h2-7,9-10,12H,11H2,1H3. The highest BCUT2D eigenvalue weighted by Crippen LogP contribution is 2.23. The van der Waals surface area contributed by atoms with Crippen molar-refractivity contribution in [2.45, 2.75) is 19.3 Å². The van der Waals surface area contributed by atoms with E-state index in [0.29, 0.717) is 5.92 Å². The van der Waals surface area contributed by atoms with Crippen molar-refractivity contribution >= 4 is 0 Å². The van der Waals surface area contributed by atoms with Crippen LogP contribution in [-0.4, -0.2) is 0 Å². The van der Waals surface area contributed by atoms with Crippen LogP contribution in [0.2, 0.25) is 0 Å². The Hall–Kier alpha value is -1.52. The van der Waals surface area contributed by atoms with Gasteiger partial charge in [0.25, 0.3) is 0 Å². The highest BCUT2D eigenvalue weighted by Gasteiger charge is 2.06. The fraction of sp³-hybridized carbons (Fsp3) is 0.214. The van der Waals surface area contributed by atoms with E-state index < -0.39 is 0 Å². The Balaban J connectivity index is 2.06. The van der Waals surface area contributed by atoms with Crippen molar-refractivity contribution in [1.82, 2.24) is 0 Å². The molecule has 0 aliphatic heterocycles. The van der Waals surface area contributed by atoms with Gasteiger partial charge >= 0.3 is 0 Å². The minimum atomic E-state index is 0.579. The zero-order valence-corrected chi connectivity index (χ0v) is 8.40. The molecule has 1 unspecified atom stereocenters. The van der Waals surface area contributed by atoms with Gasteiger partial charge in [-0.25, -0.2) is 0 Å². The normalized spacial score (nSPS) is 15.6. The molecule has 0 aromatic heterocycles. The molecule has 1 atom stereocenters. The van der Waals surface area contributed by atoms with Gasteiger partial charge in [0.05, 0.1) is 0 Å². The maximum atomic E-state index is 3.24. The summed E-state index contributed by atoms with van der Waals surface area (Å²) in [6.45, 7) is 2.26. The first-order chi connectivity index (χ1) is 6.86. The van der Waals surface area contributed by atoms with E-state index in [2.05, 4.69) is 49.1 Å². The fourth-order valence-electron chi connectivity index (χ4n) is 1.72. The third kappa shape index (κ3) is 2.04. The van der Waals surface area contributed by atoms with Crippen LogP contribution >= 0.6 is 0 Å². The van der Waals surface area contributed by atoms with E-state index in [9.17, 15) is 0 Å². The van der Waals surface area contributed by atoms with Gasteiger partial charge in [-0.1, -0.05) is 49.4 Å². The average molecular weight is 182 g/mol. The summed E-state index contributed by atoms with van der Waals surface area (Å²) in [5.41, 5.74) is 5.95. The lowest BCUT2D eigenvalue weighted by Gasteiger charge is -2.10. The molecule has 0 bridgehead atoms. The molecule has 1 aromatic rings. The van der Waals surface area contributed by atoms with Gasteiger partial charge in [-0.3, -0.25) is 0 Å². The Bertz CT molecular complexity index is 389. The molecule has 0 saturated heterocycles. The van der Waals surface area contributed by atoms with Gasteiger partial charge in [-0.05, 0) is 29.6 Å². The maximum Gasteiger partial charge on any atom is -0.00542 e. The summed E-state index contributed by atoms with van der Waals surface area (Å²) in [6.07, 6.45) is 7.25. The molecule has 0 fully saturated rings. The molecule has 0 saturated carbocycles. The molecule has 14 heavy (non-hydrogen) atoms. The van der Waals surface area contributed by atoms with Crippen LogP contribution in [0.25, 0.3) is 0 Å². The van der Waals surface area contributed by atoms with Crippen molar-refractivity contribution in [2.24, 2.45) is 0 Å². The first-order valence-electron chi connectivity index (χ1n) is 5.03. The van der Waals surface area contributed by atoms with Crippen molar-refractivity contribution in [1.29, 1.82) is 0 Å². The van der Waals surface area contributed by atoms with Crippen molar-refractivity contribution < 1.29 is 0 Å². The Morgan fingerprint density at radius 2 is 2.00 bits per heavy atom. The smallest absolute Gasteiger partial charge is 0.00542 e. The van der Waals surface area contributed by atoms with E-state index in [4.69, 9.17) is 0 Å². The van der Waals surface area contributed by atoms with E-state index in [1.165, 1.54) is 11.1 Å². The number of hydrogen-bond donors (Lipinski definition) is 0. The monoisotopic (exact) mass is 182 g/mol. The van der Waals surface area contributed by atoms with Gasteiger partial charge < -0.3 is 0 Å². The lowest BCUT2D eigenvalue weighted by atomic mass is 9.94. The summed E-state index contributed by atoms with van der Waals surface area (Å²) in [7, 11) is 0. The summed E-state index contributed by atoms with van der Waals surface area (Å²) in [4.78, 5) is 0. The molecule has 0 spiro atoms. The summed E-state index contributed by atoms with van der Waals surface area (Å²) in [5, 5.41) is 0. The molecule has 0 N–H and O–H groups in total. The molecule has 0 radical (unpaired) electrons. The number of benzene rings is 1. The van der Waals surface area contributed by atoms with Crippen LogP contribution in [0.4, 0.5) is 0 Å². The van der Waals surface area contributed by atoms with Crippen molar-refractivity contribution in [3.63, 3.8) is 0 Å². The van der Waals surface area contributed by atoms with Crippen LogP contribution in [-0.2, 0) is 0 Å². The van der Waals surface area contributed by atoms with E-state index in [0.717, 1.165) is 6.42 Å². The molecular formula is C14H14. The zero-order chi connectivity index (χ0) is 9.80. The Labute approximate surface area is 85.3 Å². The predicted octanol–water partition coefficient (Wildman–Crippen LogP) is 3.83. The quantitative estimate of drug-likeness (QED) is 0.623. The van der Waals surface area contributed by atoms with Crippen LogP contribution in [0, 0.1) is 0 Å². The Morgan fingerprint density at radius 1 is 1.21 bits per heavy atom. The minimum absolute atomic E-state index is 0.579. The highest BCUT2D eigenvalue weighted by molar-refractivity contribution is 5.31. The molecule has 0 nitrogen and oxygen atoms in total. The predicted molar refractivity (Wildman–Crippen MR) is 60.2 cm³/mol. The number of hydrogen-bond acceptors (Lipinski definition) is 0. The molecule has 1 aliphatic rings. The summed E-state index contributed by atoms with van der Waals surface area (Å²) < 4.78 is 0. The lowest BCUT2D eigenvalue weighted by molar-refractivity contribution is 0.764. The molecule has 2 rings (SSSR count). The third-order valence-electron chi connectivity index (χ3n) is 2.56. The summed E-state index contributed by atoms with van der Waals surface area (Å²) >= 11 is 0. The van der Waals surface area contributed by atoms with Crippen LogP contribution < -0.4 is 0 Å². The van der Waals surface area contributed by atoms with Crippen molar-refractivity contribution in [3.05, 3.63) is 65.4 Å². The summed E-state index contributed by atoms with van der Waals surface area (Å²) in [5.74, 6) is 0.579. The van der Waals surface area contributed by atoms with Gasteiger partial charge in [0.15, 0.2) is 0 Å². The number of allylic oxidation sites excluding steroid dienone is 3. The van der Waals surface area contributed by atoms with Crippen molar-refractivity contribution in [2.75, 3.05) is 0 Å². The average Bonchev–Trinajstić information content (AvgIpc) is 2.72. The van der Waals surface area contributed by atoms with E-state index in [-0.39, 0.29) is 0 Å². The van der Waals surface area contributed by atoms with E-state index >= 15 is 0 Å². The molecule has 0 amide bonds. The van der Waals surface area contributed by atoms with Crippen LogP contribution in [0.3, 0.4) is 0 Å². The van der Waals surface area contributed by atoms with Gasteiger partial charge in [-0.15, -0.1) is 5.73 Å². The van der Waals surface area contributed by atoms with Gasteiger partial charge in [0.2, 0.25) is 0 Å². The number of rotatable bonds is 3. The molecule has 70 valence electrons. The third-order valence-corrected chi connectivity index (χ3v) is 2.56. The molecule has 0 heteroatoms. The molecule has 0 heterocycles. The first kappa shape index (κ1) is 9.05. The van der Waals surface area contributed by atoms with Gasteiger partial charge in [-0.2, -0.15) is 0 Å². The Kier molecular flexibility index (Phi) is 2.67. The summed E-state index contributed by atoms with van der Waals surface area (Å²) in [6, 6.07) is 10.6. The van der Waals surface area contributed by atoms with Gasteiger partial charge in [0, 0.05) is 0 Å². The van der Waals surface area contributed by atoms with Crippen LogP contribution in [0.5, 0.6) is 0 Å². The first-order valence-corrected chi connectivity index (χ1v) is 5.03. The molecule has 1 aliphatic carbocycles. The molecular weight excluding hydrogens is 168 g/mol. The topological polar surface area (TPSA) is 0 Å². The lowest BCUT2D eigenvalue weighted by Crippen LogP contribution is -1.93. The van der Waals surface area contributed by atoms with Crippen LogP contribution in [0.15, 0.2) is 59.9 Å². The fourth-order valence-corrected chi connectivity index (χ4v) is 1.72. The van der Waals surface area contributed by atoms with E-state index in [1.54, 1.807) is 0 Å². The highest BCUT2D eigenvalue weighted by atomic mass is 14.1. The molecule has 1 aromatic carbocycles. The second-order valence-corrected chi connectivity index (χ2v) is 3.71. The SMILES string of the molecule is CC(CC1=C=CC=C1)c1ccccc1. The largest absolute Gasteiger partial charge is 0.117 e. The van der Waals surface area contributed by atoms with Crippen molar-refractivity contribution in [3.8, 4) is 0 Å². The second-order valence-electron chi connectivity index (χ2n) is 3.71. The Morgan fingerprint density at radius 3 is 2.64 bits per heavy atom. The van der Waals surface area contributed by atoms with Crippen LogP contribution in [0.1, 0.15) is 24.8 Å². The van der Waals surface area contributed by atoms with E-state index in [1.807, 2.05) is 12.2 Å².